The average Bonchev–Trinajstić information content (AvgIpc) is 3.34. The molecule has 9 nitrogen and oxygen atoms in total. The van der Waals surface area contributed by atoms with Crippen molar-refractivity contribution in [2.45, 2.75) is 68.8 Å². The van der Waals surface area contributed by atoms with Gasteiger partial charge in [0.25, 0.3) is 0 Å². The molecule has 0 aromatic heterocycles. The van der Waals surface area contributed by atoms with Gasteiger partial charge in [0.15, 0.2) is 0 Å². The van der Waals surface area contributed by atoms with E-state index < -0.39 is 35.1 Å². The average molecular weight is 589 g/mol. The summed E-state index contributed by atoms with van der Waals surface area (Å²) < 4.78 is 38.8. The molecule has 2 fully saturated rings. The van der Waals surface area contributed by atoms with E-state index in [9.17, 15) is 15.0 Å². The molecular formula is C32H45FN2O7. The number of unbranched alkanes of at least 4 members (excludes halogenated alkanes) is 1. The minimum atomic E-state index is -1.69. The normalized spacial score (nSPS) is 33.6. The van der Waals surface area contributed by atoms with Crippen molar-refractivity contribution in [2.75, 3.05) is 47.6 Å². The van der Waals surface area contributed by atoms with Crippen LogP contribution in [0.5, 0.6) is 11.5 Å². The van der Waals surface area contributed by atoms with Crippen LogP contribution < -0.4 is 15.2 Å². The second kappa shape index (κ2) is 13.7. The number of nitrogens with zero attached hydrogens (tertiary/aromatic N) is 1. The predicted molar refractivity (Wildman–Crippen MR) is 158 cm³/mol. The zero-order chi connectivity index (χ0) is 30.5. The summed E-state index contributed by atoms with van der Waals surface area (Å²) >= 11 is 0. The first-order valence-electron chi connectivity index (χ1n) is 14.7. The van der Waals surface area contributed by atoms with Crippen LogP contribution in [0.15, 0.2) is 47.8 Å². The molecule has 3 aliphatic rings. The molecule has 5 atom stereocenters. The highest BCUT2D eigenvalue weighted by Gasteiger charge is 2.56. The predicted octanol–water partition coefficient (Wildman–Crippen LogP) is 3.53. The molecule has 1 aromatic carbocycles. The summed E-state index contributed by atoms with van der Waals surface area (Å²) in [4.78, 5) is 15.4. The van der Waals surface area contributed by atoms with Crippen LogP contribution in [0.3, 0.4) is 0 Å². The second-order valence-electron chi connectivity index (χ2n) is 11.4. The molecule has 232 valence electrons. The Morgan fingerprint density at radius 2 is 1.88 bits per heavy atom. The Balaban J connectivity index is 1.86. The summed E-state index contributed by atoms with van der Waals surface area (Å²) in [6.07, 6.45) is 6.40. The monoisotopic (exact) mass is 588 g/mol. The Kier molecular flexibility index (Phi) is 10.5. The highest BCUT2D eigenvalue weighted by molar-refractivity contribution is 5.83. The van der Waals surface area contributed by atoms with Crippen molar-refractivity contribution < 1.29 is 38.3 Å². The Morgan fingerprint density at radius 3 is 2.48 bits per heavy atom. The maximum absolute atomic E-state index is 16.1. The zero-order valence-corrected chi connectivity index (χ0v) is 25.1. The van der Waals surface area contributed by atoms with E-state index in [1.54, 1.807) is 42.4 Å². The molecular weight excluding hydrogens is 543 g/mol. The Labute approximate surface area is 247 Å². The maximum atomic E-state index is 16.1. The number of hydrogen-bond acceptors (Lipinski definition) is 8. The van der Waals surface area contributed by atoms with Gasteiger partial charge >= 0.3 is 0 Å². The molecule has 0 bridgehead atoms. The zero-order valence-electron chi connectivity index (χ0n) is 25.1. The number of carbonyl (C=O) groups excluding carboxylic acids is 1. The Morgan fingerprint density at radius 1 is 1.17 bits per heavy atom. The lowest BCUT2D eigenvalue weighted by Crippen LogP contribution is -2.66. The largest absolute Gasteiger partial charge is 0.497 e. The van der Waals surface area contributed by atoms with Crippen molar-refractivity contribution in [2.24, 2.45) is 11.7 Å². The molecule has 1 aliphatic heterocycles. The van der Waals surface area contributed by atoms with Crippen LogP contribution in [0.25, 0.3) is 5.57 Å². The standard InChI is InChI=1S/C32H45FN2O7/c1-5-25-29(21-15-23(40-3)19-24(16-21)41-4)26(33)9-8-10-31(32(25,38)11-6-7-13-39-2)20-35(12-14-42-31)30(37)22-17-27(34)28(36)18-22/h8-10,15-16,19,22,27-28,36,38H,5-7,11-14,17-18,20,34H2,1-4H3/b10-8+,26-9+,29-25+/t22-,27+,28-,31?,32+/m0/s1. The van der Waals surface area contributed by atoms with Crippen LogP contribution in [-0.2, 0) is 14.3 Å². The fourth-order valence-electron chi connectivity index (χ4n) is 6.63. The van der Waals surface area contributed by atoms with Gasteiger partial charge in [-0.1, -0.05) is 13.0 Å². The number of aliphatic hydroxyl groups excluding tert-OH is 1. The minimum absolute atomic E-state index is 0.0681. The number of allylic oxidation sites excluding steroid dienone is 4. The molecule has 1 saturated heterocycles. The first-order valence-corrected chi connectivity index (χ1v) is 14.7. The molecule has 1 saturated carbocycles. The van der Waals surface area contributed by atoms with E-state index >= 15 is 4.39 Å². The minimum Gasteiger partial charge on any atom is -0.497 e. The van der Waals surface area contributed by atoms with Crippen LogP contribution >= 0.6 is 0 Å². The van der Waals surface area contributed by atoms with Gasteiger partial charge in [0.2, 0.25) is 5.91 Å². The lowest BCUT2D eigenvalue weighted by Gasteiger charge is -2.52. The molecule has 1 heterocycles. The van der Waals surface area contributed by atoms with Crippen molar-refractivity contribution in [3.8, 4) is 11.5 Å². The molecule has 2 aliphatic carbocycles. The number of halogens is 1. The quantitative estimate of drug-likeness (QED) is 0.355. The number of rotatable bonds is 10. The van der Waals surface area contributed by atoms with Crippen LogP contribution in [0.4, 0.5) is 4.39 Å². The van der Waals surface area contributed by atoms with E-state index in [1.165, 1.54) is 20.3 Å². The van der Waals surface area contributed by atoms with Crippen molar-refractivity contribution in [3.05, 3.63) is 53.4 Å². The van der Waals surface area contributed by atoms with Gasteiger partial charge in [-0.2, -0.15) is 0 Å². The highest BCUT2D eigenvalue weighted by Crippen LogP contribution is 2.48. The molecule has 10 heteroatoms. The van der Waals surface area contributed by atoms with Gasteiger partial charge in [-0.25, -0.2) is 4.39 Å². The summed E-state index contributed by atoms with van der Waals surface area (Å²) in [5.74, 6) is -0.0714. The number of morpholine rings is 1. The SMILES string of the molecule is CC\C1=C(c2cc(OC)cc(OC)c2)/C(F)=C\C=C\C2(CN(C(=O)[C@H]3C[C@@H](N)[C@@H](O)C3)CCO2)[C@@]1(O)CCCCOC. The first-order chi connectivity index (χ1) is 20.1. The van der Waals surface area contributed by atoms with Gasteiger partial charge in [-0.15, -0.1) is 0 Å². The summed E-state index contributed by atoms with van der Waals surface area (Å²) in [7, 11) is 4.68. The van der Waals surface area contributed by atoms with Gasteiger partial charge in [0, 0.05) is 43.9 Å². The van der Waals surface area contributed by atoms with E-state index in [-0.39, 0.29) is 31.1 Å². The van der Waals surface area contributed by atoms with Crippen molar-refractivity contribution in [3.63, 3.8) is 0 Å². The van der Waals surface area contributed by atoms with E-state index in [1.807, 2.05) is 6.92 Å². The van der Waals surface area contributed by atoms with Gasteiger partial charge in [-0.3, -0.25) is 4.79 Å². The molecule has 1 unspecified atom stereocenters. The third-order valence-electron chi connectivity index (χ3n) is 8.86. The van der Waals surface area contributed by atoms with Crippen molar-refractivity contribution >= 4 is 11.5 Å². The molecule has 4 N–H and O–H groups in total. The second-order valence-corrected chi connectivity index (χ2v) is 11.4. The highest BCUT2D eigenvalue weighted by atomic mass is 19.1. The van der Waals surface area contributed by atoms with E-state index in [4.69, 9.17) is 24.7 Å². The molecule has 0 radical (unpaired) electrons. The van der Waals surface area contributed by atoms with Gasteiger partial charge in [0.05, 0.1) is 33.5 Å². The molecule has 1 spiro atoms. The number of methoxy groups -OCH3 is 3. The van der Waals surface area contributed by atoms with Gasteiger partial charge < -0.3 is 39.8 Å². The van der Waals surface area contributed by atoms with Gasteiger partial charge in [0.1, 0.15) is 28.5 Å². The van der Waals surface area contributed by atoms with Crippen LogP contribution in [-0.4, -0.2) is 92.0 Å². The number of ether oxygens (including phenoxy) is 4. The molecule has 4 rings (SSSR count). The number of benzene rings is 1. The summed E-state index contributed by atoms with van der Waals surface area (Å²) in [6.45, 7) is 2.98. The summed E-state index contributed by atoms with van der Waals surface area (Å²) in [6, 6.07) is 4.70. The third-order valence-corrected chi connectivity index (χ3v) is 8.86. The molecule has 42 heavy (non-hydrogen) atoms. The summed E-state index contributed by atoms with van der Waals surface area (Å²) in [5, 5.41) is 23.1. The maximum Gasteiger partial charge on any atom is 0.226 e. The Hall–Kier alpha value is -2.76. The lowest BCUT2D eigenvalue weighted by atomic mass is 9.68. The Bertz CT molecular complexity index is 1180. The number of nitrogens with two attached hydrogens (primary N) is 1. The summed E-state index contributed by atoms with van der Waals surface area (Å²) in [5.41, 5.74) is 4.17. The number of carbonyl (C=O) groups is 1. The number of hydrogen-bond donors (Lipinski definition) is 3. The van der Waals surface area contributed by atoms with E-state index in [0.717, 1.165) is 0 Å². The smallest absolute Gasteiger partial charge is 0.226 e. The third kappa shape index (κ3) is 6.28. The topological polar surface area (TPSA) is 124 Å². The van der Waals surface area contributed by atoms with E-state index in [2.05, 4.69) is 0 Å². The van der Waals surface area contributed by atoms with Crippen LogP contribution in [0.2, 0.25) is 0 Å². The fraction of sp³-hybridized carbons (Fsp3) is 0.594. The molecule has 1 aromatic rings. The molecule has 1 amide bonds. The number of aliphatic hydroxyl groups is 2. The lowest BCUT2D eigenvalue weighted by molar-refractivity contribution is -0.186. The van der Waals surface area contributed by atoms with E-state index in [0.29, 0.717) is 67.9 Å². The number of amides is 1. The van der Waals surface area contributed by atoms with Crippen LogP contribution in [0.1, 0.15) is 51.0 Å². The van der Waals surface area contributed by atoms with Crippen LogP contribution in [0, 0.1) is 5.92 Å². The first kappa shape index (κ1) is 32.2. The van der Waals surface area contributed by atoms with Crippen molar-refractivity contribution in [1.82, 2.24) is 4.90 Å². The van der Waals surface area contributed by atoms with Gasteiger partial charge in [-0.05, 0) is 73.9 Å². The fourth-order valence-corrected chi connectivity index (χ4v) is 6.63. The van der Waals surface area contributed by atoms with Crippen molar-refractivity contribution in [1.29, 1.82) is 0 Å².